The zero-order valence-corrected chi connectivity index (χ0v) is 19.9. The first kappa shape index (κ1) is 22.5. The first-order valence-corrected chi connectivity index (χ1v) is 12.4. The molecule has 4 rings (SSSR count). The van der Waals surface area contributed by atoms with Gasteiger partial charge in [-0.15, -0.1) is 10.2 Å². The van der Waals surface area contributed by atoms with Crippen LogP contribution in [0.1, 0.15) is 5.56 Å². The van der Waals surface area contributed by atoms with E-state index in [1.54, 1.807) is 6.07 Å². The number of carbonyl (C=O) groups is 1. The van der Waals surface area contributed by atoms with Crippen LogP contribution in [0.4, 0.5) is 5.69 Å². The van der Waals surface area contributed by atoms with Gasteiger partial charge in [0, 0.05) is 25.2 Å². The molecule has 0 radical (unpaired) electrons. The first-order valence-electron chi connectivity index (χ1n) is 9.56. The number of benzene rings is 2. The van der Waals surface area contributed by atoms with E-state index in [0.29, 0.717) is 16.5 Å². The normalized spacial score (nSPS) is 12.0. The van der Waals surface area contributed by atoms with Gasteiger partial charge in [-0.3, -0.25) is 9.20 Å². The molecule has 8 nitrogen and oxygen atoms in total. The number of para-hydroxylation sites is 1. The lowest BCUT2D eigenvalue weighted by Gasteiger charge is -2.14. The number of anilines is 1. The summed E-state index contributed by atoms with van der Waals surface area (Å²) in [5.74, 6) is -0.236. The second-order valence-electron chi connectivity index (χ2n) is 7.29. The SMILES string of the molecule is Cc1cc2nnc(SCC(=O)Nc3ccc(Cl)c(S(=O)(=O)N(C)C)c3)n2c2ccccc12. The molecule has 0 bridgehead atoms. The highest BCUT2D eigenvalue weighted by Crippen LogP contribution is 2.28. The summed E-state index contributed by atoms with van der Waals surface area (Å²) in [6.07, 6.45) is 0. The van der Waals surface area contributed by atoms with Crippen molar-refractivity contribution in [2.45, 2.75) is 17.0 Å². The Balaban J connectivity index is 1.55. The van der Waals surface area contributed by atoms with Crippen LogP contribution in [0.3, 0.4) is 0 Å². The fourth-order valence-electron chi connectivity index (χ4n) is 3.27. The molecule has 0 unspecified atom stereocenters. The third-order valence-electron chi connectivity index (χ3n) is 4.88. The number of aromatic nitrogens is 3. The Kier molecular flexibility index (Phi) is 6.13. The van der Waals surface area contributed by atoms with Gasteiger partial charge in [0.2, 0.25) is 15.9 Å². The zero-order chi connectivity index (χ0) is 23.0. The molecule has 32 heavy (non-hydrogen) atoms. The topological polar surface area (TPSA) is 96.7 Å². The van der Waals surface area contributed by atoms with Crippen LogP contribution >= 0.6 is 23.4 Å². The van der Waals surface area contributed by atoms with Gasteiger partial charge in [0.05, 0.1) is 16.3 Å². The van der Waals surface area contributed by atoms with Crippen molar-refractivity contribution >= 4 is 61.5 Å². The number of pyridine rings is 1. The largest absolute Gasteiger partial charge is 0.325 e. The molecule has 0 fully saturated rings. The molecular formula is C21H20ClN5O3S2. The molecular weight excluding hydrogens is 470 g/mol. The van der Waals surface area contributed by atoms with Gasteiger partial charge >= 0.3 is 0 Å². The van der Waals surface area contributed by atoms with Crippen LogP contribution in [0, 0.1) is 6.92 Å². The predicted octanol–water partition coefficient (Wildman–Crippen LogP) is 3.83. The fourth-order valence-corrected chi connectivity index (χ4v) is 5.42. The minimum absolute atomic E-state index is 0.0695. The summed E-state index contributed by atoms with van der Waals surface area (Å²) in [5, 5.41) is 13.0. The maximum absolute atomic E-state index is 12.6. The Morgan fingerprint density at radius 2 is 1.91 bits per heavy atom. The number of rotatable bonds is 6. The molecule has 2 aromatic heterocycles. The van der Waals surface area contributed by atoms with Gasteiger partial charge in [-0.05, 0) is 42.8 Å². The highest BCUT2D eigenvalue weighted by atomic mass is 35.5. The van der Waals surface area contributed by atoms with Crippen LogP contribution < -0.4 is 5.32 Å². The van der Waals surface area contributed by atoms with E-state index in [1.165, 1.54) is 38.0 Å². The summed E-state index contributed by atoms with van der Waals surface area (Å²) in [5.41, 5.74) is 3.11. The lowest BCUT2D eigenvalue weighted by Crippen LogP contribution is -2.23. The highest BCUT2D eigenvalue weighted by Gasteiger charge is 2.21. The number of aryl methyl sites for hydroxylation is 1. The Morgan fingerprint density at radius 1 is 1.16 bits per heavy atom. The Bertz CT molecular complexity index is 1450. The maximum atomic E-state index is 12.6. The molecule has 0 aliphatic carbocycles. The standard InChI is InChI=1S/C21H20ClN5O3S2/c1-13-10-19-24-25-21(27(19)17-7-5-4-6-15(13)17)31-12-20(28)23-14-8-9-16(22)18(11-14)32(29,30)26(2)3/h4-11H,12H2,1-3H3,(H,23,28). The highest BCUT2D eigenvalue weighted by molar-refractivity contribution is 7.99. The summed E-state index contributed by atoms with van der Waals surface area (Å²) >= 11 is 7.31. The van der Waals surface area contributed by atoms with Gasteiger partial charge in [0.15, 0.2) is 10.8 Å². The fraction of sp³-hybridized carbons (Fsp3) is 0.190. The average molecular weight is 490 g/mol. The Labute approximate surface area is 194 Å². The average Bonchev–Trinajstić information content (AvgIpc) is 3.16. The molecule has 0 aliphatic rings. The molecule has 2 aromatic carbocycles. The van der Waals surface area contributed by atoms with Crippen molar-refractivity contribution in [3.8, 4) is 0 Å². The van der Waals surface area contributed by atoms with Crippen molar-refractivity contribution in [1.82, 2.24) is 18.9 Å². The molecule has 0 saturated carbocycles. The number of amides is 1. The molecule has 4 aromatic rings. The van der Waals surface area contributed by atoms with Crippen LogP contribution in [0.2, 0.25) is 5.02 Å². The molecule has 1 amide bonds. The summed E-state index contributed by atoms with van der Waals surface area (Å²) in [6.45, 7) is 2.02. The Hall–Kier alpha value is -2.66. The van der Waals surface area contributed by atoms with E-state index in [-0.39, 0.29) is 21.6 Å². The van der Waals surface area contributed by atoms with Crippen molar-refractivity contribution < 1.29 is 13.2 Å². The van der Waals surface area contributed by atoms with E-state index in [2.05, 4.69) is 15.5 Å². The smallest absolute Gasteiger partial charge is 0.244 e. The quantitative estimate of drug-likeness (QED) is 0.413. The van der Waals surface area contributed by atoms with Gasteiger partial charge in [0.25, 0.3) is 0 Å². The van der Waals surface area contributed by atoms with Crippen molar-refractivity contribution in [1.29, 1.82) is 0 Å². The number of nitrogens with one attached hydrogen (secondary N) is 1. The Morgan fingerprint density at radius 3 is 2.66 bits per heavy atom. The lowest BCUT2D eigenvalue weighted by atomic mass is 10.1. The molecule has 1 N–H and O–H groups in total. The summed E-state index contributed by atoms with van der Waals surface area (Å²) in [7, 11) is -0.902. The minimum Gasteiger partial charge on any atom is -0.325 e. The van der Waals surface area contributed by atoms with Crippen LogP contribution in [0.25, 0.3) is 16.6 Å². The maximum Gasteiger partial charge on any atom is 0.244 e. The van der Waals surface area contributed by atoms with E-state index < -0.39 is 10.0 Å². The van der Waals surface area contributed by atoms with Crippen molar-refractivity contribution in [3.05, 3.63) is 59.1 Å². The molecule has 166 valence electrons. The monoisotopic (exact) mass is 489 g/mol. The lowest BCUT2D eigenvalue weighted by molar-refractivity contribution is -0.113. The summed E-state index contributed by atoms with van der Waals surface area (Å²) < 4.78 is 27.9. The van der Waals surface area contributed by atoms with Crippen molar-refractivity contribution in [2.24, 2.45) is 0 Å². The van der Waals surface area contributed by atoms with Gasteiger partial charge in [-0.25, -0.2) is 12.7 Å². The molecule has 0 spiro atoms. The number of hydrogen-bond acceptors (Lipinski definition) is 6. The minimum atomic E-state index is -3.74. The van der Waals surface area contributed by atoms with Crippen molar-refractivity contribution in [3.63, 3.8) is 0 Å². The third kappa shape index (κ3) is 4.18. The van der Waals surface area contributed by atoms with Gasteiger partial charge in [0.1, 0.15) is 4.90 Å². The number of sulfonamides is 1. The third-order valence-corrected chi connectivity index (χ3v) is 8.11. The van der Waals surface area contributed by atoms with Crippen LogP contribution in [-0.4, -0.2) is 53.1 Å². The first-order chi connectivity index (χ1) is 15.2. The molecule has 2 heterocycles. The second-order valence-corrected chi connectivity index (χ2v) is 10.8. The van der Waals surface area contributed by atoms with Crippen LogP contribution in [0.5, 0.6) is 0 Å². The van der Waals surface area contributed by atoms with Gasteiger partial charge in [-0.2, -0.15) is 0 Å². The molecule has 0 atom stereocenters. The number of hydrogen-bond donors (Lipinski definition) is 1. The van der Waals surface area contributed by atoms with Gasteiger partial charge in [-0.1, -0.05) is 41.6 Å². The zero-order valence-electron chi connectivity index (χ0n) is 17.5. The number of carbonyl (C=O) groups excluding carboxylic acids is 1. The second kappa shape index (κ2) is 8.70. The van der Waals surface area contributed by atoms with Crippen LogP contribution in [-0.2, 0) is 14.8 Å². The van der Waals surface area contributed by atoms with E-state index in [1.807, 2.05) is 41.7 Å². The summed E-state index contributed by atoms with van der Waals surface area (Å²) in [4.78, 5) is 12.5. The molecule has 0 saturated heterocycles. The van der Waals surface area contributed by atoms with Crippen molar-refractivity contribution in [2.75, 3.05) is 25.2 Å². The van der Waals surface area contributed by atoms with E-state index >= 15 is 0 Å². The molecule has 0 aliphatic heterocycles. The van der Waals surface area contributed by atoms with Crippen LogP contribution in [0.15, 0.2) is 58.6 Å². The molecule has 11 heteroatoms. The summed E-state index contributed by atoms with van der Waals surface area (Å²) in [6, 6.07) is 14.3. The number of halogens is 1. The number of thioether (sulfide) groups is 1. The van der Waals surface area contributed by atoms with E-state index in [4.69, 9.17) is 11.6 Å². The predicted molar refractivity (Wildman–Crippen MR) is 127 cm³/mol. The van der Waals surface area contributed by atoms with Gasteiger partial charge < -0.3 is 5.32 Å². The van der Waals surface area contributed by atoms with E-state index in [0.717, 1.165) is 20.8 Å². The van der Waals surface area contributed by atoms with E-state index in [9.17, 15) is 13.2 Å². The number of nitrogens with zero attached hydrogens (tertiary/aromatic N) is 4. The number of fused-ring (bicyclic) bond motifs is 3.